The van der Waals surface area contributed by atoms with Crippen LogP contribution < -0.4 is 0 Å². The van der Waals surface area contributed by atoms with Crippen molar-refractivity contribution in [1.29, 1.82) is 0 Å². The van der Waals surface area contributed by atoms with E-state index in [-0.39, 0.29) is 5.91 Å². The molecule has 1 atom stereocenters. The number of likely N-dealkylation sites (tertiary alicyclic amines) is 1. The number of amides is 1. The molecule has 0 radical (unpaired) electrons. The van der Waals surface area contributed by atoms with Gasteiger partial charge in [0.2, 0.25) is 0 Å². The summed E-state index contributed by atoms with van der Waals surface area (Å²) >= 11 is 1.18. The molecule has 1 fully saturated rings. The second kappa shape index (κ2) is 7.66. The van der Waals surface area contributed by atoms with Crippen LogP contribution in [0.3, 0.4) is 0 Å². The lowest BCUT2D eigenvalue weighted by atomic mass is 9.98. The molecule has 122 valence electrons. The molecule has 0 N–H and O–H groups in total. The van der Waals surface area contributed by atoms with Crippen LogP contribution in [0.25, 0.3) is 0 Å². The van der Waals surface area contributed by atoms with Crippen molar-refractivity contribution in [2.24, 2.45) is 5.92 Å². The van der Waals surface area contributed by atoms with E-state index in [1.54, 1.807) is 0 Å². The standard InChI is InChI=1S/C17H21N3O2S/c1-13-16(23-19-18-13)17(21)20-9-5-8-15(10-20)12-22-11-14-6-3-2-4-7-14/h2-4,6-7,15H,5,8-12H2,1H3. The predicted molar refractivity (Wildman–Crippen MR) is 89.4 cm³/mol. The van der Waals surface area contributed by atoms with Crippen molar-refractivity contribution in [3.63, 3.8) is 0 Å². The van der Waals surface area contributed by atoms with E-state index < -0.39 is 0 Å². The first kappa shape index (κ1) is 16.1. The molecule has 1 aromatic carbocycles. The van der Waals surface area contributed by atoms with Crippen molar-refractivity contribution in [2.45, 2.75) is 26.4 Å². The summed E-state index contributed by atoms with van der Waals surface area (Å²) in [5, 5.41) is 3.93. The summed E-state index contributed by atoms with van der Waals surface area (Å²) in [6.45, 7) is 4.72. The molecule has 1 unspecified atom stereocenters. The second-order valence-corrected chi connectivity index (χ2v) is 6.70. The zero-order valence-corrected chi connectivity index (χ0v) is 14.1. The highest BCUT2D eigenvalue weighted by atomic mass is 32.1. The summed E-state index contributed by atoms with van der Waals surface area (Å²) in [7, 11) is 0. The number of aromatic nitrogens is 2. The van der Waals surface area contributed by atoms with E-state index in [2.05, 4.69) is 21.7 Å². The maximum Gasteiger partial charge on any atom is 0.267 e. The molecule has 1 aliphatic rings. The van der Waals surface area contributed by atoms with Gasteiger partial charge in [0.25, 0.3) is 5.91 Å². The number of hydrogen-bond acceptors (Lipinski definition) is 5. The number of aryl methyl sites for hydroxylation is 1. The van der Waals surface area contributed by atoms with E-state index in [1.165, 1.54) is 17.1 Å². The largest absolute Gasteiger partial charge is 0.376 e. The quantitative estimate of drug-likeness (QED) is 0.845. The van der Waals surface area contributed by atoms with Gasteiger partial charge in [-0.15, -0.1) is 5.10 Å². The monoisotopic (exact) mass is 331 g/mol. The molecule has 0 aliphatic carbocycles. The summed E-state index contributed by atoms with van der Waals surface area (Å²) in [5.41, 5.74) is 1.91. The van der Waals surface area contributed by atoms with Gasteiger partial charge in [-0.2, -0.15) is 0 Å². The smallest absolute Gasteiger partial charge is 0.267 e. The molecule has 0 bridgehead atoms. The summed E-state index contributed by atoms with van der Waals surface area (Å²) in [4.78, 5) is 15.1. The van der Waals surface area contributed by atoms with Gasteiger partial charge in [-0.1, -0.05) is 34.8 Å². The van der Waals surface area contributed by atoms with E-state index in [9.17, 15) is 4.79 Å². The summed E-state index contributed by atoms with van der Waals surface area (Å²) < 4.78 is 9.70. The third-order valence-electron chi connectivity index (χ3n) is 4.12. The first-order valence-electron chi connectivity index (χ1n) is 7.94. The fourth-order valence-electron chi connectivity index (χ4n) is 2.87. The molecule has 1 amide bonds. The van der Waals surface area contributed by atoms with Gasteiger partial charge in [0.1, 0.15) is 4.88 Å². The maximum absolute atomic E-state index is 12.5. The van der Waals surface area contributed by atoms with Crippen molar-refractivity contribution < 1.29 is 9.53 Å². The third kappa shape index (κ3) is 4.14. The van der Waals surface area contributed by atoms with Crippen LogP contribution in [0.2, 0.25) is 0 Å². The Bertz CT molecular complexity index is 644. The average Bonchev–Trinajstić information content (AvgIpc) is 3.01. The predicted octanol–water partition coefficient (Wildman–Crippen LogP) is 2.92. The minimum absolute atomic E-state index is 0.0604. The van der Waals surface area contributed by atoms with E-state index in [0.717, 1.165) is 31.6 Å². The fourth-order valence-corrected chi connectivity index (χ4v) is 3.50. The highest BCUT2D eigenvalue weighted by Crippen LogP contribution is 2.21. The number of piperidine rings is 1. The summed E-state index contributed by atoms with van der Waals surface area (Å²) in [6.07, 6.45) is 2.13. The van der Waals surface area contributed by atoms with Gasteiger partial charge in [0, 0.05) is 13.1 Å². The number of carbonyl (C=O) groups is 1. The van der Waals surface area contributed by atoms with Crippen LogP contribution in [0.1, 0.15) is 33.8 Å². The van der Waals surface area contributed by atoms with E-state index >= 15 is 0 Å². The topological polar surface area (TPSA) is 55.3 Å². The lowest BCUT2D eigenvalue weighted by molar-refractivity contribution is 0.0428. The Morgan fingerprint density at radius 1 is 1.39 bits per heavy atom. The minimum Gasteiger partial charge on any atom is -0.376 e. The van der Waals surface area contributed by atoms with Gasteiger partial charge in [0.15, 0.2) is 0 Å². The number of ether oxygens (including phenoxy) is 1. The van der Waals surface area contributed by atoms with Gasteiger partial charge < -0.3 is 9.64 Å². The van der Waals surface area contributed by atoms with Gasteiger partial charge in [0.05, 0.1) is 18.9 Å². The Morgan fingerprint density at radius 3 is 2.96 bits per heavy atom. The molecule has 1 aliphatic heterocycles. The van der Waals surface area contributed by atoms with Crippen molar-refractivity contribution in [1.82, 2.24) is 14.5 Å². The molecule has 5 nitrogen and oxygen atoms in total. The van der Waals surface area contributed by atoms with E-state index in [4.69, 9.17) is 4.74 Å². The van der Waals surface area contributed by atoms with Crippen LogP contribution in [0.4, 0.5) is 0 Å². The Kier molecular flexibility index (Phi) is 5.35. The Morgan fingerprint density at radius 2 is 2.22 bits per heavy atom. The second-order valence-electron chi connectivity index (χ2n) is 5.95. The molecule has 23 heavy (non-hydrogen) atoms. The third-order valence-corrected chi connectivity index (χ3v) is 4.93. The fraction of sp³-hybridized carbons (Fsp3) is 0.471. The normalized spacial score (nSPS) is 18.1. The van der Waals surface area contributed by atoms with Gasteiger partial charge in [-0.3, -0.25) is 4.79 Å². The number of hydrogen-bond donors (Lipinski definition) is 0. The minimum atomic E-state index is 0.0604. The van der Waals surface area contributed by atoms with Crippen LogP contribution >= 0.6 is 11.5 Å². The first-order valence-corrected chi connectivity index (χ1v) is 8.71. The summed E-state index contributed by atoms with van der Waals surface area (Å²) in [5.74, 6) is 0.461. The number of nitrogens with zero attached hydrogens (tertiary/aromatic N) is 3. The van der Waals surface area contributed by atoms with Crippen LogP contribution in [-0.2, 0) is 11.3 Å². The zero-order chi connectivity index (χ0) is 16.1. The van der Waals surface area contributed by atoms with Crippen LogP contribution in [0.5, 0.6) is 0 Å². The molecule has 0 saturated carbocycles. The lowest BCUT2D eigenvalue weighted by Crippen LogP contribution is -2.41. The molecule has 3 rings (SSSR count). The maximum atomic E-state index is 12.5. The molecule has 2 aromatic rings. The number of benzene rings is 1. The highest BCUT2D eigenvalue weighted by Gasteiger charge is 2.26. The molecule has 1 saturated heterocycles. The number of rotatable bonds is 5. The lowest BCUT2D eigenvalue weighted by Gasteiger charge is -2.32. The molecular formula is C17H21N3O2S. The van der Waals surface area contributed by atoms with Crippen molar-refractivity contribution in [2.75, 3.05) is 19.7 Å². The van der Waals surface area contributed by atoms with Crippen LogP contribution in [0.15, 0.2) is 30.3 Å². The zero-order valence-electron chi connectivity index (χ0n) is 13.3. The van der Waals surface area contributed by atoms with Crippen molar-refractivity contribution >= 4 is 17.4 Å². The molecule has 0 spiro atoms. The molecule has 1 aromatic heterocycles. The van der Waals surface area contributed by atoms with E-state index in [0.29, 0.717) is 24.0 Å². The van der Waals surface area contributed by atoms with Gasteiger partial charge >= 0.3 is 0 Å². The average molecular weight is 331 g/mol. The Balaban J connectivity index is 1.50. The molecule has 2 heterocycles. The molecule has 6 heteroatoms. The SMILES string of the molecule is Cc1nnsc1C(=O)N1CCCC(COCc2ccccc2)C1. The van der Waals surface area contributed by atoms with Crippen LogP contribution in [-0.4, -0.2) is 40.1 Å². The van der Waals surface area contributed by atoms with E-state index in [1.807, 2.05) is 30.0 Å². The van der Waals surface area contributed by atoms with Crippen LogP contribution in [0, 0.1) is 12.8 Å². The highest BCUT2D eigenvalue weighted by molar-refractivity contribution is 7.07. The first-order chi connectivity index (χ1) is 11.2. The summed E-state index contributed by atoms with van der Waals surface area (Å²) in [6, 6.07) is 10.2. The van der Waals surface area contributed by atoms with Crippen molar-refractivity contribution in [3.8, 4) is 0 Å². The molecular weight excluding hydrogens is 310 g/mol. The van der Waals surface area contributed by atoms with Gasteiger partial charge in [-0.05, 0) is 42.8 Å². The van der Waals surface area contributed by atoms with Gasteiger partial charge in [-0.25, -0.2) is 0 Å². The van der Waals surface area contributed by atoms with Crippen molar-refractivity contribution in [3.05, 3.63) is 46.5 Å². The number of carbonyl (C=O) groups excluding carboxylic acids is 1. The Labute approximate surface area is 140 Å². The Hall–Kier alpha value is -1.79.